The van der Waals surface area contributed by atoms with Crippen molar-refractivity contribution in [3.8, 4) is 11.8 Å². The Bertz CT molecular complexity index is 1430. The molecule has 0 aliphatic carbocycles. The normalized spacial score (nSPS) is 16.5. The van der Waals surface area contributed by atoms with Crippen LogP contribution in [0, 0.1) is 17.2 Å². The first-order chi connectivity index (χ1) is 20.4. The summed E-state index contributed by atoms with van der Waals surface area (Å²) >= 11 is 0. The van der Waals surface area contributed by atoms with Crippen LogP contribution in [0.25, 0.3) is 0 Å². The average Bonchev–Trinajstić information content (AvgIpc) is 3.03. The number of ether oxygens (including phenoxy) is 1. The molecule has 3 heterocycles. The van der Waals surface area contributed by atoms with Crippen LogP contribution in [0.15, 0.2) is 60.7 Å². The summed E-state index contributed by atoms with van der Waals surface area (Å²) in [4.78, 5) is 41.5. The predicted molar refractivity (Wildman–Crippen MR) is 156 cm³/mol. The molecule has 1 amide bonds. The maximum absolute atomic E-state index is 13.0. The van der Waals surface area contributed by atoms with Crippen LogP contribution in [0.2, 0.25) is 0 Å². The summed E-state index contributed by atoms with van der Waals surface area (Å²) < 4.78 is 6.04. The fraction of sp³-hybridized carbons (Fsp3) is 0.394. The van der Waals surface area contributed by atoms with Crippen molar-refractivity contribution in [1.29, 1.82) is 5.26 Å². The summed E-state index contributed by atoms with van der Waals surface area (Å²) in [6.07, 6.45) is 3.68. The maximum Gasteiger partial charge on any atom is 0.274 e. The third-order valence-electron chi connectivity index (χ3n) is 8.13. The largest absolute Gasteiger partial charge is 0.490 e. The highest BCUT2D eigenvalue weighted by atomic mass is 16.5. The van der Waals surface area contributed by atoms with Crippen molar-refractivity contribution < 1.29 is 19.1 Å². The molecule has 0 unspecified atom stereocenters. The second kappa shape index (κ2) is 13.5. The number of amides is 1. The second-order valence-electron chi connectivity index (χ2n) is 11.1. The highest BCUT2D eigenvalue weighted by molar-refractivity contribution is 5.96. The Hall–Kier alpha value is -4.42. The molecule has 0 N–H and O–H groups in total. The van der Waals surface area contributed by atoms with E-state index in [1.807, 2.05) is 24.3 Å². The van der Waals surface area contributed by atoms with E-state index >= 15 is 0 Å². The minimum atomic E-state index is -0.194. The molecule has 5 rings (SSSR count). The van der Waals surface area contributed by atoms with E-state index in [2.05, 4.69) is 21.2 Å². The number of Topliss-reactive ketones (excluding diaryl/α,β-unsaturated/α-hetero) is 2. The first-order valence-electron chi connectivity index (χ1n) is 14.5. The average molecular weight is 566 g/mol. The number of hydrogen-bond donors (Lipinski definition) is 0. The fourth-order valence-corrected chi connectivity index (χ4v) is 5.55. The number of carbonyl (C=O) groups is 3. The van der Waals surface area contributed by atoms with Gasteiger partial charge in [0.15, 0.2) is 17.3 Å². The van der Waals surface area contributed by atoms with E-state index in [9.17, 15) is 14.4 Å². The lowest BCUT2D eigenvalue weighted by atomic mass is 9.90. The van der Waals surface area contributed by atoms with Gasteiger partial charge in [0.2, 0.25) is 0 Å². The molecular weight excluding hydrogens is 530 g/mol. The molecule has 9 nitrogen and oxygen atoms in total. The van der Waals surface area contributed by atoms with Crippen LogP contribution in [-0.2, 0) is 6.54 Å². The van der Waals surface area contributed by atoms with E-state index in [0.29, 0.717) is 60.8 Å². The van der Waals surface area contributed by atoms with Gasteiger partial charge in [0.05, 0.1) is 11.6 Å². The summed E-state index contributed by atoms with van der Waals surface area (Å²) in [5.41, 5.74) is 3.03. The minimum Gasteiger partial charge on any atom is -0.490 e. The third kappa shape index (κ3) is 7.45. The van der Waals surface area contributed by atoms with Crippen LogP contribution in [-0.4, -0.2) is 69.8 Å². The van der Waals surface area contributed by atoms with Gasteiger partial charge in [-0.3, -0.25) is 19.3 Å². The van der Waals surface area contributed by atoms with E-state index in [4.69, 9.17) is 10.00 Å². The van der Waals surface area contributed by atoms with Crippen molar-refractivity contribution in [2.45, 2.75) is 51.7 Å². The van der Waals surface area contributed by atoms with Gasteiger partial charge in [-0.25, -0.2) is 0 Å². The first-order valence-corrected chi connectivity index (χ1v) is 14.5. The number of nitriles is 1. The third-order valence-corrected chi connectivity index (χ3v) is 8.13. The van der Waals surface area contributed by atoms with Crippen LogP contribution in [0.1, 0.15) is 81.5 Å². The SMILES string of the molecule is CC(=O)c1ccc(OC2CCN(C(=O)c3ccc(C(=O)CC4CCN(Cc5ccc(C#N)cc5)CC4)nn3)CC2)cc1. The van der Waals surface area contributed by atoms with Crippen LogP contribution < -0.4 is 4.74 Å². The zero-order valence-corrected chi connectivity index (χ0v) is 23.9. The van der Waals surface area contributed by atoms with Crippen LogP contribution >= 0.6 is 0 Å². The number of rotatable bonds is 9. The summed E-state index contributed by atoms with van der Waals surface area (Å²) in [7, 11) is 0. The summed E-state index contributed by atoms with van der Waals surface area (Å²) in [5, 5.41) is 17.2. The fourth-order valence-electron chi connectivity index (χ4n) is 5.55. The van der Waals surface area contributed by atoms with Gasteiger partial charge in [0.1, 0.15) is 17.5 Å². The van der Waals surface area contributed by atoms with Crippen LogP contribution in [0.3, 0.4) is 0 Å². The molecule has 216 valence electrons. The smallest absolute Gasteiger partial charge is 0.274 e. The molecule has 0 bridgehead atoms. The van der Waals surface area contributed by atoms with E-state index in [1.54, 1.807) is 41.3 Å². The second-order valence-corrected chi connectivity index (χ2v) is 11.1. The lowest BCUT2D eigenvalue weighted by molar-refractivity contribution is 0.0588. The first kappa shape index (κ1) is 29.1. The van der Waals surface area contributed by atoms with Gasteiger partial charge in [-0.2, -0.15) is 5.26 Å². The van der Waals surface area contributed by atoms with Gasteiger partial charge >= 0.3 is 0 Å². The number of benzene rings is 2. The Morgan fingerprint density at radius 3 is 2.10 bits per heavy atom. The lowest BCUT2D eigenvalue weighted by Gasteiger charge is -2.32. The summed E-state index contributed by atoms with van der Waals surface area (Å²) in [6, 6.07) is 20.2. The molecule has 2 aliphatic rings. The molecule has 9 heteroatoms. The number of piperidine rings is 2. The number of nitrogens with zero attached hydrogens (tertiary/aromatic N) is 5. The van der Waals surface area contributed by atoms with Crippen molar-refractivity contribution in [2.75, 3.05) is 26.2 Å². The molecule has 3 aromatic rings. The van der Waals surface area contributed by atoms with Crippen molar-refractivity contribution in [1.82, 2.24) is 20.0 Å². The maximum atomic E-state index is 13.0. The van der Waals surface area contributed by atoms with E-state index < -0.39 is 0 Å². The number of carbonyl (C=O) groups excluding carboxylic acids is 3. The van der Waals surface area contributed by atoms with Crippen molar-refractivity contribution in [3.05, 3.63) is 88.7 Å². The Morgan fingerprint density at radius 1 is 0.857 bits per heavy atom. The van der Waals surface area contributed by atoms with Gasteiger partial charge in [0, 0.05) is 44.5 Å². The van der Waals surface area contributed by atoms with Crippen molar-refractivity contribution >= 4 is 17.5 Å². The van der Waals surface area contributed by atoms with Crippen LogP contribution in [0.5, 0.6) is 5.75 Å². The molecule has 0 radical (unpaired) electrons. The molecule has 0 saturated carbocycles. The number of aromatic nitrogens is 2. The van der Waals surface area contributed by atoms with Crippen LogP contribution in [0.4, 0.5) is 0 Å². The van der Waals surface area contributed by atoms with Crippen molar-refractivity contribution in [2.24, 2.45) is 5.92 Å². The molecule has 0 atom stereocenters. The molecule has 1 aromatic heterocycles. The zero-order chi connectivity index (χ0) is 29.5. The van der Waals surface area contributed by atoms with Gasteiger partial charge < -0.3 is 9.64 Å². The van der Waals surface area contributed by atoms with Gasteiger partial charge in [-0.1, -0.05) is 12.1 Å². The Balaban J connectivity index is 1.05. The Kier molecular flexibility index (Phi) is 9.35. The van der Waals surface area contributed by atoms with Gasteiger partial charge in [-0.05, 0) is 92.9 Å². The van der Waals surface area contributed by atoms with Gasteiger partial charge in [-0.15, -0.1) is 10.2 Å². The molecule has 2 aromatic carbocycles. The zero-order valence-electron chi connectivity index (χ0n) is 23.9. The van der Waals surface area contributed by atoms with E-state index in [-0.39, 0.29) is 29.3 Å². The Labute approximate surface area is 246 Å². The molecule has 2 aliphatic heterocycles. The number of ketones is 2. The molecular formula is C33H35N5O4. The molecule has 0 spiro atoms. The highest BCUT2D eigenvalue weighted by Gasteiger charge is 2.27. The molecule has 42 heavy (non-hydrogen) atoms. The summed E-state index contributed by atoms with van der Waals surface area (Å²) in [5.74, 6) is 0.794. The summed E-state index contributed by atoms with van der Waals surface area (Å²) in [6.45, 7) is 5.30. The van der Waals surface area contributed by atoms with Gasteiger partial charge in [0.25, 0.3) is 5.91 Å². The van der Waals surface area contributed by atoms with E-state index in [0.717, 1.165) is 32.5 Å². The predicted octanol–water partition coefficient (Wildman–Crippen LogP) is 4.72. The molecule has 2 fully saturated rings. The monoisotopic (exact) mass is 565 g/mol. The topological polar surface area (TPSA) is 116 Å². The quantitative estimate of drug-likeness (QED) is 0.342. The molecule has 2 saturated heterocycles. The number of likely N-dealkylation sites (tertiary alicyclic amines) is 2. The standard InChI is InChI=1S/C33H35N5O4/c1-23(39)27-6-8-28(9-7-27)42-29-14-18-38(19-15-29)33(41)31-11-10-30(35-36-31)32(40)20-24-12-16-37(17-13-24)22-26-4-2-25(21-34)3-5-26/h2-11,24,29H,12-20,22H2,1H3. The van der Waals surface area contributed by atoms with Crippen molar-refractivity contribution in [3.63, 3.8) is 0 Å². The highest BCUT2D eigenvalue weighted by Crippen LogP contribution is 2.24. The Morgan fingerprint density at radius 2 is 1.50 bits per heavy atom. The number of hydrogen-bond acceptors (Lipinski definition) is 8. The minimum absolute atomic E-state index is 0.00820. The van der Waals surface area contributed by atoms with E-state index in [1.165, 1.54) is 12.5 Å². The lowest BCUT2D eigenvalue weighted by Crippen LogP contribution is -2.42.